The van der Waals surface area contributed by atoms with Gasteiger partial charge in [0.15, 0.2) is 0 Å². The molecular formula is C19H30N2O7S. The number of rotatable bonds is 12. The maximum Gasteiger partial charge on any atom is 0.325 e. The summed E-state index contributed by atoms with van der Waals surface area (Å²) < 4.78 is 42.4. The van der Waals surface area contributed by atoms with Crippen molar-refractivity contribution in [2.24, 2.45) is 0 Å². The molecule has 0 N–H and O–H groups in total. The standard InChI is InChI=1S/C19H30N2O7S/c1-6-21(7-2)29(24,25)17-13-15(9-10-16(17)27-5)19(23)20(11-12-26-4)14-18(22)28-8-3/h9-10,13H,6-8,11-12,14H2,1-5H3. The predicted molar refractivity (Wildman–Crippen MR) is 108 cm³/mol. The summed E-state index contributed by atoms with van der Waals surface area (Å²) in [6, 6.07) is 4.18. The Morgan fingerprint density at radius 1 is 1.07 bits per heavy atom. The summed E-state index contributed by atoms with van der Waals surface area (Å²) in [5, 5.41) is 0. The quantitative estimate of drug-likeness (QED) is 0.462. The van der Waals surface area contributed by atoms with Gasteiger partial charge < -0.3 is 19.1 Å². The zero-order valence-electron chi connectivity index (χ0n) is 17.6. The number of nitrogens with zero attached hydrogens (tertiary/aromatic N) is 2. The van der Waals surface area contributed by atoms with E-state index < -0.39 is 21.9 Å². The van der Waals surface area contributed by atoms with Crippen molar-refractivity contribution >= 4 is 21.9 Å². The molecule has 0 aliphatic rings. The lowest BCUT2D eigenvalue weighted by Gasteiger charge is -2.23. The number of benzene rings is 1. The number of amides is 1. The number of methoxy groups -OCH3 is 2. The molecule has 0 aliphatic heterocycles. The fourth-order valence-corrected chi connectivity index (χ4v) is 4.35. The Balaban J connectivity index is 3.33. The molecule has 0 atom stereocenters. The average molecular weight is 431 g/mol. The van der Waals surface area contributed by atoms with Crippen molar-refractivity contribution in [1.29, 1.82) is 0 Å². The molecule has 0 heterocycles. The summed E-state index contributed by atoms with van der Waals surface area (Å²) in [6.07, 6.45) is 0. The van der Waals surface area contributed by atoms with Crippen LogP contribution >= 0.6 is 0 Å². The summed E-state index contributed by atoms with van der Waals surface area (Å²) in [4.78, 5) is 26.0. The Morgan fingerprint density at radius 2 is 1.72 bits per heavy atom. The number of carbonyl (C=O) groups is 2. The molecule has 0 unspecified atom stereocenters. The molecule has 0 saturated heterocycles. The zero-order valence-corrected chi connectivity index (χ0v) is 18.5. The van der Waals surface area contributed by atoms with E-state index in [4.69, 9.17) is 14.2 Å². The van der Waals surface area contributed by atoms with Gasteiger partial charge in [-0.25, -0.2) is 8.42 Å². The second kappa shape index (κ2) is 11.7. The summed E-state index contributed by atoms with van der Waals surface area (Å²) in [7, 11) is -1.01. The van der Waals surface area contributed by atoms with Crippen LogP contribution in [0, 0.1) is 0 Å². The minimum atomic E-state index is -3.85. The molecule has 1 rings (SSSR count). The van der Waals surface area contributed by atoms with Crippen LogP contribution < -0.4 is 4.74 Å². The molecule has 0 aliphatic carbocycles. The molecule has 0 bridgehead atoms. The van der Waals surface area contributed by atoms with Crippen LogP contribution in [-0.4, -0.2) is 83.1 Å². The van der Waals surface area contributed by atoms with Crippen molar-refractivity contribution in [3.63, 3.8) is 0 Å². The SMILES string of the molecule is CCOC(=O)CN(CCOC)C(=O)c1ccc(OC)c(S(=O)(=O)N(CC)CC)c1. The van der Waals surface area contributed by atoms with Gasteiger partial charge in [-0.3, -0.25) is 9.59 Å². The van der Waals surface area contributed by atoms with Gasteiger partial charge >= 0.3 is 5.97 Å². The van der Waals surface area contributed by atoms with Crippen LogP contribution in [-0.2, 0) is 24.3 Å². The van der Waals surface area contributed by atoms with E-state index in [-0.39, 0.29) is 55.6 Å². The highest BCUT2D eigenvalue weighted by Gasteiger charge is 2.28. The maximum atomic E-state index is 13.0. The molecule has 1 amide bonds. The summed E-state index contributed by atoms with van der Waals surface area (Å²) in [5.74, 6) is -0.919. The molecule has 1 aromatic rings. The Hall–Kier alpha value is -2.17. The van der Waals surface area contributed by atoms with Gasteiger partial charge in [0.05, 0.1) is 20.3 Å². The molecule has 9 nitrogen and oxygen atoms in total. The number of carbonyl (C=O) groups excluding carboxylic acids is 2. The van der Waals surface area contributed by atoms with Crippen LogP contribution in [0.4, 0.5) is 0 Å². The van der Waals surface area contributed by atoms with Gasteiger partial charge in [-0.05, 0) is 25.1 Å². The van der Waals surface area contributed by atoms with E-state index in [2.05, 4.69) is 0 Å². The van der Waals surface area contributed by atoms with Crippen LogP contribution in [0.3, 0.4) is 0 Å². The van der Waals surface area contributed by atoms with E-state index in [0.717, 1.165) is 0 Å². The van der Waals surface area contributed by atoms with Crippen LogP contribution in [0.1, 0.15) is 31.1 Å². The summed E-state index contributed by atoms with van der Waals surface area (Å²) >= 11 is 0. The lowest BCUT2D eigenvalue weighted by molar-refractivity contribution is -0.143. The molecule has 0 saturated carbocycles. The van der Waals surface area contributed by atoms with Crippen LogP contribution in [0.5, 0.6) is 5.75 Å². The summed E-state index contributed by atoms with van der Waals surface area (Å²) in [6.45, 7) is 5.99. The molecule has 0 fully saturated rings. The van der Waals surface area contributed by atoms with Crippen molar-refractivity contribution < 1.29 is 32.2 Å². The molecular weight excluding hydrogens is 400 g/mol. The smallest absolute Gasteiger partial charge is 0.325 e. The van der Waals surface area contributed by atoms with E-state index in [9.17, 15) is 18.0 Å². The largest absolute Gasteiger partial charge is 0.495 e. The van der Waals surface area contributed by atoms with Crippen LogP contribution in [0.15, 0.2) is 23.1 Å². The molecule has 0 spiro atoms. The van der Waals surface area contributed by atoms with E-state index >= 15 is 0 Å². The number of sulfonamides is 1. The van der Waals surface area contributed by atoms with E-state index in [0.29, 0.717) is 0 Å². The molecule has 0 aromatic heterocycles. The van der Waals surface area contributed by atoms with Crippen LogP contribution in [0.2, 0.25) is 0 Å². The first-order valence-corrected chi connectivity index (χ1v) is 10.8. The fourth-order valence-electron chi connectivity index (χ4n) is 2.71. The molecule has 0 radical (unpaired) electrons. The van der Waals surface area contributed by atoms with Crippen molar-refractivity contribution in [2.75, 3.05) is 53.6 Å². The molecule has 29 heavy (non-hydrogen) atoms. The average Bonchev–Trinajstić information content (AvgIpc) is 2.70. The van der Waals surface area contributed by atoms with Gasteiger partial charge in [0.2, 0.25) is 10.0 Å². The van der Waals surface area contributed by atoms with Crippen molar-refractivity contribution in [2.45, 2.75) is 25.7 Å². The van der Waals surface area contributed by atoms with Gasteiger partial charge in [-0.2, -0.15) is 4.31 Å². The minimum Gasteiger partial charge on any atom is -0.495 e. The third-order valence-corrected chi connectivity index (χ3v) is 6.28. The highest BCUT2D eigenvalue weighted by Crippen LogP contribution is 2.28. The minimum absolute atomic E-state index is 0.0997. The Labute approximate surface area is 172 Å². The number of esters is 1. The number of ether oxygens (including phenoxy) is 3. The Kier molecular flexibility index (Phi) is 10.1. The third-order valence-electron chi connectivity index (χ3n) is 4.21. The highest BCUT2D eigenvalue weighted by atomic mass is 32.2. The highest BCUT2D eigenvalue weighted by molar-refractivity contribution is 7.89. The second-order valence-electron chi connectivity index (χ2n) is 5.98. The normalized spacial score (nSPS) is 11.4. The predicted octanol–water partition coefficient (Wildman–Crippen LogP) is 1.38. The summed E-state index contributed by atoms with van der Waals surface area (Å²) in [5.41, 5.74) is 0.122. The second-order valence-corrected chi connectivity index (χ2v) is 7.89. The molecule has 164 valence electrons. The monoisotopic (exact) mass is 430 g/mol. The van der Waals surface area contributed by atoms with Gasteiger partial charge in [-0.15, -0.1) is 0 Å². The Morgan fingerprint density at radius 3 is 2.24 bits per heavy atom. The zero-order chi connectivity index (χ0) is 22.0. The maximum absolute atomic E-state index is 13.0. The van der Waals surface area contributed by atoms with Gasteiger partial charge in [-0.1, -0.05) is 13.8 Å². The first kappa shape index (κ1) is 24.9. The third kappa shape index (κ3) is 6.41. The lowest BCUT2D eigenvalue weighted by atomic mass is 10.2. The first-order chi connectivity index (χ1) is 13.8. The number of hydrogen-bond acceptors (Lipinski definition) is 7. The number of hydrogen-bond donors (Lipinski definition) is 0. The van der Waals surface area contributed by atoms with Gasteiger partial charge in [0.1, 0.15) is 17.2 Å². The topological polar surface area (TPSA) is 102 Å². The molecule has 10 heteroatoms. The fraction of sp³-hybridized carbons (Fsp3) is 0.579. The van der Waals surface area contributed by atoms with Crippen molar-refractivity contribution in [3.8, 4) is 5.75 Å². The van der Waals surface area contributed by atoms with E-state index in [1.165, 1.54) is 41.6 Å². The lowest BCUT2D eigenvalue weighted by Crippen LogP contribution is -2.39. The van der Waals surface area contributed by atoms with Crippen molar-refractivity contribution in [1.82, 2.24) is 9.21 Å². The van der Waals surface area contributed by atoms with Gasteiger partial charge in [0.25, 0.3) is 5.91 Å². The van der Waals surface area contributed by atoms with E-state index in [1.54, 1.807) is 20.8 Å². The van der Waals surface area contributed by atoms with Gasteiger partial charge in [0, 0.05) is 32.3 Å². The first-order valence-electron chi connectivity index (χ1n) is 9.38. The Bertz CT molecular complexity index is 792. The van der Waals surface area contributed by atoms with Crippen LogP contribution in [0.25, 0.3) is 0 Å². The van der Waals surface area contributed by atoms with Crippen molar-refractivity contribution in [3.05, 3.63) is 23.8 Å². The molecule has 1 aromatic carbocycles. The van der Waals surface area contributed by atoms with E-state index in [1.807, 2.05) is 0 Å².